The molecular weight excluding hydrogens is 352 g/mol. The molecule has 0 aliphatic carbocycles. The first-order valence-corrected chi connectivity index (χ1v) is 10.5. The van der Waals surface area contributed by atoms with Gasteiger partial charge >= 0.3 is 0 Å². The fraction of sp³-hybridized carbons (Fsp3) is 0.667. The van der Waals surface area contributed by atoms with E-state index in [1.165, 1.54) is 18.4 Å². The van der Waals surface area contributed by atoms with Gasteiger partial charge in [-0.05, 0) is 39.7 Å². The first-order valence-electron chi connectivity index (χ1n) is 10.5. The third-order valence-corrected chi connectivity index (χ3v) is 6.28. The number of nitrogens with one attached hydrogen (secondary N) is 1. The number of carbonyl (C=O) groups excluding carboxylic acids is 1. The van der Waals surface area contributed by atoms with Gasteiger partial charge in [-0.1, -0.05) is 0 Å². The van der Waals surface area contributed by atoms with Crippen molar-refractivity contribution < 1.29 is 4.79 Å². The molecule has 4 heterocycles. The monoisotopic (exact) mass is 384 g/mol. The van der Waals surface area contributed by atoms with Gasteiger partial charge in [-0.2, -0.15) is 5.10 Å². The number of hydrogen-bond acceptors (Lipinski definition) is 4. The fourth-order valence-corrected chi connectivity index (χ4v) is 4.76. The van der Waals surface area contributed by atoms with Gasteiger partial charge in [0.05, 0.1) is 12.5 Å². The van der Waals surface area contributed by atoms with E-state index in [2.05, 4.69) is 44.9 Å². The number of hydrogen-bond donors (Lipinski definition) is 1. The molecule has 1 amide bonds. The quantitative estimate of drug-likeness (QED) is 0.831. The minimum Gasteiger partial charge on any atom is -0.348 e. The second-order valence-electron chi connectivity index (χ2n) is 8.88. The summed E-state index contributed by atoms with van der Waals surface area (Å²) in [5.41, 5.74) is 2.63. The van der Waals surface area contributed by atoms with Crippen LogP contribution in [0.1, 0.15) is 56.8 Å². The first-order chi connectivity index (χ1) is 13.5. The maximum absolute atomic E-state index is 12.5. The van der Waals surface area contributed by atoms with Gasteiger partial charge in [0.1, 0.15) is 0 Å². The van der Waals surface area contributed by atoms with Crippen LogP contribution in [0.2, 0.25) is 0 Å². The Bertz CT molecular complexity index is 783. The summed E-state index contributed by atoms with van der Waals surface area (Å²) in [5, 5.41) is 4.48. The smallest absolute Gasteiger partial charge is 0.222 e. The number of carbonyl (C=O) groups is 1. The van der Waals surface area contributed by atoms with Gasteiger partial charge in [0.2, 0.25) is 5.91 Å². The van der Waals surface area contributed by atoms with Crippen LogP contribution in [-0.4, -0.2) is 61.6 Å². The van der Waals surface area contributed by atoms with Gasteiger partial charge in [-0.15, -0.1) is 0 Å². The van der Waals surface area contributed by atoms with Crippen LogP contribution in [-0.2, 0) is 17.8 Å². The molecule has 0 aromatic carbocycles. The number of amides is 1. The zero-order chi connectivity index (χ0) is 19.6. The van der Waals surface area contributed by atoms with E-state index in [-0.39, 0.29) is 5.41 Å². The van der Waals surface area contributed by atoms with Gasteiger partial charge < -0.3 is 9.88 Å². The fourth-order valence-electron chi connectivity index (χ4n) is 4.76. The van der Waals surface area contributed by atoms with Crippen LogP contribution in [0, 0.1) is 5.41 Å². The van der Waals surface area contributed by atoms with Crippen LogP contribution in [0.3, 0.4) is 0 Å². The van der Waals surface area contributed by atoms with Crippen molar-refractivity contribution in [2.24, 2.45) is 5.41 Å². The average molecular weight is 385 g/mol. The molecule has 1 atom stereocenters. The topological polar surface area (TPSA) is 70.1 Å². The van der Waals surface area contributed by atoms with Crippen LogP contribution < -0.4 is 0 Å². The highest BCUT2D eigenvalue weighted by atomic mass is 16.2. The molecule has 1 N–H and O–H groups in total. The van der Waals surface area contributed by atoms with Gasteiger partial charge in [0.15, 0.2) is 0 Å². The summed E-state index contributed by atoms with van der Waals surface area (Å²) in [4.78, 5) is 24.4. The summed E-state index contributed by atoms with van der Waals surface area (Å²) < 4.78 is 2.03. The number of imidazole rings is 1. The van der Waals surface area contributed by atoms with E-state index in [1.807, 2.05) is 17.1 Å². The highest BCUT2D eigenvalue weighted by molar-refractivity contribution is 5.77. The highest BCUT2D eigenvalue weighted by Gasteiger charge is 2.41. The normalized spacial score (nSPS) is 23.8. The Balaban J connectivity index is 1.37. The lowest BCUT2D eigenvalue weighted by atomic mass is 9.73. The van der Waals surface area contributed by atoms with Crippen LogP contribution >= 0.6 is 0 Å². The maximum Gasteiger partial charge on any atom is 0.222 e. The predicted molar refractivity (Wildman–Crippen MR) is 108 cm³/mol. The van der Waals surface area contributed by atoms with Crippen molar-refractivity contribution in [2.75, 3.05) is 26.2 Å². The summed E-state index contributed by atoms with van der Waals surface area (Å²) in [6, 6.07) is 0.397. The third kappa shape index (κ3) is 4.29. The van der Waals surface area contributed by atoms with Crippen LogP contribution in [0.4, 0.5) is 0 Å². The number of nitrogens with zero attached hydrogens (tertiary/aromatic N) is 5. The highest BCUT2D eigenvalue weighted by Crippen LogP contribution is 2.39. The van der Waals surface area contributed by atoms with Crippen LogP contribution in [0.25, 0.3) is 0 Å². The number of aromatic amines is 1. The van der Waals surface area contributed by atoms with Crippen molar-refractivity contribution in [3.05, 3.63) is 36.2 Å². The molecule has 1 unspecified atom stereocenters. The molecule has 2 saturated heterocycles. The van der Waals surface area contributed by atoms with Gasteiger partial charge in [-0.25, -0.2) is 4.98 Å². The van der Waals surface area contributed by atoms with E-state index in [4.69, 9.17) is 0 Å². The van der Waals surface area contributed by atoms with Crippen LogP contribution in [0.5, 0.6) is 0 Å². The summed E-state index contributed by atoms with van der Waals surface area (Å²) in [5.74, 6) is 0.306. The zero-order valence-corrected chi connectivity index (χ0v) is 17.1. The summed E-state index contributed by atoms with van der Waals surface area (Å²) in [6.45, 7) is 9.15. The zero-order valence-electron chi connectivity index (χ0n) is 17.1. The van der Waals surface area contributed by atoms with Crippen molar-refractivity contribution in [3.63, 3.8) is 0 Å². The van der Waals surface area contributed by atoms with E-state index < -0.39 is 0 Å². The van der Waals surface area contributed by atoms with E-state index >= 15 is 0 Å². The second kappa shape index (κ2) is 8.07. The van der Waals surface area contributed by atoms with Gasteiger partial charge in [-0.3, -0.25) is 14.4 Å². The van der Waals surface area contributed by atoms with Crippen molar-refractivity contribution in [1.82, 2.24) is 29.5 Å². The van der Waals surface area contributed by atoms with E-state index in [9.17, 15) is 4.79 Å². The Morgan fingerprint density at radius 3 is 2.89 bits per heavy atom. The minimum atomic E-state index is 0.244. The van der Waals surface area contributed by atoms with Crippen molar-refractivity contribution in [3.8, 4) is 0 Å². The molecule has 0 saturated carbocycles. The lowest BCUT2D eigenvalue weighted by Crippen LogP contribution is -2.54. The predicted octanol–water partition coefficient (Wildman–Crippen LogP) is 2.63. The number of aromatic nitrogens is 4. The minimum absolute atomic E-state index is 0.244. The van der Waals surface area contributed by atoms with Crippen molar-refractivity contribution in [2.45, 2.75) is 58.5 Å². The maximum atomic E-state index is 12.5. The number of piperidine rings is 2. The largest absolute Gasteiger partial charge is 0.348 e. The molecule has 2 fully saturated rings. The molecule has 2 aliphatic heterocycles. The first kappa shape index (κ1) is 19.2. The summed E-state index contributed by atoms with van der Waals surface area (Å²) in [7, 11) is 0. The molecule has 4 rings (SSSR count). The molecule has 0 bridgehead atoms. The molecule has 28 heavy (non-hydrogen) atoms. The Morgan fingerprint density at radius 2 is 2.14 bits per heavy atom. The SMILES string of the molecule is CC(C)n1cc(CN2CCCC3(CCC(=O)N(CCc4cnc[nH]4)C3)C2)cn1. The standard InChI is InChI=1S/C21H32N6O/c1-17(2)27-13-18(10-24-27)12-25-8-3-6-21(14-25)7-4-20(28)26(15-21)9-5-19-11-22-16-23-19/h10-11,13,16-17H,3-9,12,14-15H2,1-2H3,(H,22,23). The molecule has 7 nitrogen and oxygen atoms in total. The van der Waals surface area contributed by atoms with E-state index in [1.54, 1.807) is 6.33 Å². The second-order valence-corrected chi connectivity index (χ2v) is 8.88. The van der Waals surface area contributed by atoms with Gasteiger partial charge in [0.25, 0.3) is 0 Å². The number of likely N-dealkylation sites (tertiary alicyclic amines) is 2. The molecule has 152 valence electrons. The number of H-pyrrole nitrogens is 1. The molecule has 2 aromatic rings. The molecule has 0 radical (unpaired) electrons. The van der Waals surface area contributed by atoms with Crippen molar-refractivity contribution in [1.29, 1.82) is 0 Å². The Labute approximate surface area is 167 Å². The Hall–Kier alpha value is -2.15. The lowest BCUT2D eigenvalue weighted by Gasteiger charge is -2.48. The Morgan fingerprint density at radius 1 is 1.25 bits per heavy atom. The molecule has 7 heteroatoms. The van der Waals surface area contributed by atoms with Crippen molar-refractivity contribution >= 4 is 5.91 Å². The summed E-state index contributed by atoms with van der Waals surface area (Å²) >= 11 is 0. The molecular formula is C21H32N6O. The van der Waals surface area contributed by atoms with Gasteiger partial charge in [0, 0.05) is 74.1 Å². The number of rotatable bonds is 6. The van der Waals surface area contributed by atoms with Crippen LogP contribution in [0.15, 0.2) is 24.9 Å². The van der Waals surface area contributed by atoms with E-state index in [0.29, 0.717) is 18.4 Å². The average Bonchev–Trinajstić information content (AvgIpc) is 3.35. The lowest BCUT2D eigenvalue weighted by molar-refractivity contribution is -0.139. The summed E-state index contributed by atoms with van der Waals surface area (Å²) in [6.07, 6.45) is 12.7. The van der Waals surface area contributed by atoms with E-state index in [0.717, 1.165) is 51.3 Å². The molecule has 2 aromatic heterocycles. The third-order valence-electron chi connectivity index (χ3n) is 6.28. The molecule has 1 spiro atoms. The Kier molecular flexibility index (Phi) is 5.53. The molecule has 2 aliphatic rings.